The molecule has 1 N–H and O–H groups in total. The van der Waals surface area contributed by atoms with Gasteiger partial charge in [-0.05, 0) is 56.3 Å². The lowest BCUT2D eigenvalue weighted by atomic mass is 10.2. The van der Waals surface area contributed by atoms with E-state index in [1.54, 1.807) is 12.1 Å². The Bertz CT molecular complexity index is 1050. The summed E-state index contributed by atoms with van der Waals surface area (Å²) in [4.78, 5) is 15.6. The van der Waals surface area contributed by atoms with Gasteiger partial charge in [-0.25, -0.2) is 4.79 Å². The number of aromatic carboxylic acids is 1. The molecular formula is C21H18N2O4. The summed E-state index contributed by atoms with van der Waals surface area (Å²) in [6.45, 7) is 4.26. The van der Waals surface area contributed by atoms with E-state index in [9.17, 15) is 4.79 Å². The van der Waals surface area contributed by atoms with Crippen LogP contribution in [0.25, 0.3) is 5.69 Å². The Morgan fingerprint density at radius 1 is 1.07 bits per heavy atom. The molecule has 1 aliphatic heterocycles. The van der Waals surface area contributed by atoms with E-state index in [4.69, 9.17) is 14.6 Å². The maximum atomic E-state index is 11.0. The number of fused-ring (bicyclic) bond motifs is 1. The number of benzene rings is 2. The Labute approximate surface area is 156 Å². The van der Waals surface area contributed by atoms with Gasteiger partial charge in [0.05, 0.1) is 11.3 Å². The first-order chi connectivity index (χ1) is 13.0. The second-order valence-electron chi connectivity index (χ2n) is 6.31. The summed E-state index contributed by atoms with van der Waals surface area (Å²) in [7, 11) is 0. The van der Waals surface area contributed by atoms with Crippen molar-refractivity contribution in [1.29, 1.82) is 0 Å². The molecule has 0 aliphatic carbocycles. The van der Waals surface area contributed by atoms with Crippen LogP contribution in [-0.4, -0.2) is 28.7 Å². The van der Waals surface area contributed by atoms with Crippen molar-refractivity contribution in [3.8, 4) is 17.2 Å². The van der Waals surface area contributed by atoms with Gasteiger partial charge >= 0.3 is 5.97 Å². The fourth-order valence-corrected chi connectivity index (χ4v) is 3.18. The van der Waals surface area contributed by atoms with Gasteiger partial charge in [0.25, 0.3) is 0 Å². The number of aliphatic imine (C=N–C) groups is 1. The summed E-state index contributed by atoms with van der Waals surface area (Å²) in [6.07, 6.45) is 1.82. The number of hydrogen-bond acceptors (Lipinski definition) is 4. The first kappa shape index (κ1) is 16.9. The van der Waals surface area contributed by atoms with Crippen LogP contribution in [0.1, 0.15) is 27.3 Å². The van der Waals surface area contributed by atoms with E-state index in [1.807, 2.05) is 50.4 Å². The highest BCUT2D eigenvalue weighted by Crippen LogP contribution is 2.35. The Balaban J connectivity index is 1.63. The van der Waals surface area contributed by atoms with Crippen molar-refractivity contribution < 1.29 is 19.4 Å². The van der Waals surface area contributed by atoms with Gasteiger partial charge < -0.3 is 19.1 Å². The summed E-state index contributed by atoms with van der Waals surface area (Å²) >= 11 is 0. The standard InChI is InChI=1S/C21H18N2O4/c1-13-9-16(11-22-17-5-8-19-20(10-17)27-12-26-19)14(2)23(13)18-6-3-15(4-7-18)21(24)25/h3-11H,12H2,1-2H3,(H,24,25). The number of carbonyl (C=O) groups is 1. The van der Waals surface area contributed by atoms with Crippen LogP contribution in [0.3, 0.4) is 0 Å². The van der Waals surface area contributed by atoms with E-state index < -0.39 is 5.97 Å². The molecule has 0 saturated carbocycles. The third kappa shape index (κ3) is 3.17. The minimum Gasteiger partial charge on any atom is -0.478 e. The molecule has 2 heterocycles. The van der Waals surface area contributed by atoms with Crippen molar-refractivity contribution in [3.05, 3.63) is 71.0 Å². The zero-order chi connectivity index (χ0) is 19.0. The van der Waals surface area contributed by atoms with Crippen LogP contribution in [0.5, 0.6) is 11.5 Å². The molecule has 0 saturated heterocycles. The Hall–Kier alpha value is -3.54. The van der Waals surface area contributed by atoms with Crippen molar-refractivity contribution in [1.82, 2.24) is 4.57 Å². The van der Waals surface area contributed by atoms with Crippen LogP contribution in [0.4, 0.5) is 5.69 Å². The second-order valence-corrected chi connectivity index (χ2v) is 6.31. The normalized spacial score (nSPS) is 12.7. The van der Waals surface area contributed by atoms with Crippen molar-refractivity contribution >= 4 is 17.9 Å². The minimum absolute atomic E-state index is 0.240. The van der Waals surface area contributed by atoms with Crippen molar-refractivity contribution in [2.45, 2.75) is 13.8 Å². The SMILES string of the molecule is Cc1cc(C=Nc2ccc3c(c2)OCO3)c(C)n1-c1ccc(C(=O)O)cc1. The van der Waals surface area contributed by atoms with Crippen LogP contribution in [-0.2, 0) is 0 Å². The van der Waals surface area contributed by atoms with Gasteiger partial charge in [0.15, 0.2) is 11.5 Å². The first-order valence-electron chi connectivity index (χ1n) is 8.49. The zero-order valence-electron chi connectivity index (χ0n) is 15.0. The molecule has 4 rings (SSSR count). The summed E-state index contributed by atoms with van der Waals surface area (Å²) < 4.78 is 12.8. The van der Waals surface area contributed by atoms with Crippen molar-refractivity contribution in [2.24, 2.45) is 4.99 Å². The number of aryl methyl sites for hydroxylation is 1. The monoisotopic (exact) mass is 362 g/mol. The third-order valence-electron chi connectivity index (χ3n) is 4.55. The molecule has 1 aromatic heterocycles. The van der Waals surface area contributed by atoms with E-state index in [0.29, 0.717) is 5.75 Å². The predicted octanol–water partition coefficient (Wildman–Crippen LogP) is 4.27. The summed E-state index contributed by atoms with van der Waals surface area (Å²) in [5.74, 6) is 0.504. The van der Waals surface area contributed by atoms with E-state index in [0.717, 1.165) is 34.1 Å². The fraction of sp³-hybridized carbons (Fsp3) is 0.143. The number of aromatic nitrogens is 1. The maximum absolute atomic E-state index is 11.0. The molecule has 3 aromatic rings. The number of nitrogens with zero attached hydrogens (tertiary/aromatic N) is 2. The summed E-state index contributed by atoms with van der Waals surface area (Å²) in [5, 5.41) is 9.06. The quantitative estimate of drug-likeness (QED) is 0.704. The van der Waals surface area contributed by atoms with Crippen molar-refractivity contribution in [2.75, 3.05) is 6.79 Å². The number of rotatable bonds is 4. The van der Waals surface area contributed by atoms with Crippen LogP contribution < -0.4 is 9.47 Å². The summed E-state index contributed by atoms with van der Waals surface area (Å²) in [5.41, 5.74) is 5.04. The van der Waals surface area contributed by atoms with Gasteiger partial charge in [-0.2, -0.15) is 0 Å². The Kier molecular flexibility index (Phi) is 4.16. The van der Waals surface area contributed by atoms with E-state index in [-0.39, 0.29) is 12.4 Å². The lowest BCUT2D eigenvalue weighted by Crippen LogP contribution is -2.01. The average Bonchev–Trinajstić information content (AvgIpc) is 3.23. The van der Waals surface area contributed by atoms with Crippen LogP contribution in [0.15, 0.2) is 53.5 Å². The number of carboxylic acids is 1. The minimum atomic E-state index is -0.931. The number of ether oxygens (including phenoxy) is 2. The maximum Gasteiger partial charge on any atom is 0.335 e. The van der Waals surface area contributed by atoms with E-state index in [1.165, 1.54) is 0 Å². The molecule has 27 heavy (non-hydrogen) atoms. The van der Waals surface area contributed by atoms with Gasteiger partial charge in [0, 0.05) is 34.9 Å². The molecule has 6 heteroatoms. The average molecular weight is 362 g/mol. The highest BCUT2D eigenvalue weighted by atomic mass is 16.7. The molecule has 6 nitrogen and oxygen atoms in total. The Morgan fingerprint density at radius 3 is 2.56 bits per heavy atom. The van der Waals surface area contributed by atoms with Crippen molar-refractivity contribution in [3.63, 3.8) is 0 Å². The van der Waals surface area contributed by atoms with E-state index in [2.05, 4.69) is 15.6 Å². The lowest BCUT2D eigenvalue weighted by molar-refractivity contribution is 0.0697. The predicted molar refractivity (Wildman–Crippen MR) is 102 cm³/mol. The van der Waals surface area contributed by atoms with Gasteiger partial charge in [0.2, 0.25) is 6.79 Å². The van der Waals surface area contributed by atoms with Gasteiger partial charge in [-0.1, -0.05) is 0 Å². The molecule has 0 bridgehead atoms. The smallest absolute Gasteiger partial charge is 0.335 e. The molecule has 2 aromatic carbocycles. The highest BCUT2D eigenvalue weighted by molar-refractivity contribution is 5.88. The zero-order valence-corrected chi connectivity index (χ0v) is 15.0. The molecule has 0 amide bonds. The molecular weight excluding hydrogens is 344 g/mol. The van der Waals surface area contributed by atoms with E-state index >= 15 is 0 Å². The Morgan fingerprint density at radius 2 is 1.81 bits per heavy atom. The molecule has 0 unspecified atom stereocenters. The van der Waals surface area contributed by atoms with Gasteiger partial charge in [-0.15, -0.1) is 0 Å². The lowest BCUT2D eigenvalue weighted by Gasteiger charge is -2.09. The highest BCUT2D eigenvalue weighted by Gasteiger charge is 2.13. The number of hydrogen-bond donors (Lipinski definition) is 1. The fourth-order valence-electron chi connectivity index (χ4n) is 3.18. The first-order valence-corrected chi connectivity index (χ1v) is 8.49. The molecule has 0 fully saturated rings. The topological polar surface area (TPSA) is 73.0 Å². The molecule has 136 valence electrons. The molecule has 0 spiro atoms. The number of carboxylic acid groups (broad SMARTS) is 1. The van der Waals surface area contributed by atoms with Gasteiger partial charge in [0.1, 0.15) is 0 Å². The van der Waals surface area contributed by atoms with Gasteiger partial charge in [-0.3, -0.25) is 4.99 Å². The van der Waals surface area contributed by atoms with Crippen LogP contribution in [0, 0.1) is 13.8 Å². The van der Waals surface area contributed by atoms with Crippen LogP contribution in [0.2, 0.25) is 0 Å². The molecule has 0 radical (unpaired) electrons. The van der Waals surface area contributed by atoms with Crippen LogP contribution >= 0.6 is 0 Å². The molecule has 1 aliphatic rings. The molecule has 0 atom stereocenters. The summed E-state index contributed by atoms with van der Waals surface area (Å²) in [6, 6.07) is 14.5. The third-order valence-corrected chi connectivity index (χ3v) is 4.55. The second kappa shape index (κ2) is 6.64. The largest absolute Gasteiger partial charge is 0.478 e.